The van der Waals surface area contributed by atoms with Crippen molar-refractivity contribution >= 4 is 17.3 Å². The van der Waals surface area contributed by atoms with Gasteiger partial charge in [-0.1, -0.05) is 49.7 Å². The number of carbonyl (C=O) groups is 1. The van der Waals surface area contributed by atoms with Gasteiger partial charge in [0.05, 0.1) is 5.69 Å². The molecule has 1 heterocycles. The highest BCUT2D eigenvalue weighted by molar-refractivity contribution is 6.07. The molecule has 1 aliphatic rings. The summed E-state index contributed by atoms with van der Waals surface area (Å²) in [5, 5.41) is 14.8. The van der Waals surface area contributed by atoms with E-state index in [4.69, 9.17) is 0 Å². The van der Waals surface area contributed by atoms with E-state index in [-0.39, 0.29) is 5.91 Å². The fourth-order valence-corrected chi connectivity index (χ4v) is 3.02. The molecule has 1 atom stereocenters. The number of hydrogen-bond donors (Lipinski definition) is 2. The number of nitrogens with one attached hydrogen (secondary N) is 1. The SMILES string of the molecule is CCC[C@]1(N(O)c2ccccc2)C(=O)Nc2ccccc21. The number of amides is 1. The summed E-state index contributed by atoms with van der Waals surface area (Å²) in [5.41, 5.74) is 1.14. The lowest BCUT2D eigenvalue weighted by Crippen LogP contribution is -2.49. The Hall–Kier alpha value is -2.33. The molecule has 0 bridgehead atoms. The molecule has 0 saturated carbocycles. The van der Waals surface area contributed by atoms with Gasteiger partial charge in [-0.25, -0.2) is 5.06 Å². The average molecular weight is 282 g/mol. The summed E-state index contributed by atoms with van der Waals surface area (Å²) in [6.45, 7) is 2.01. The standard InChI is InChI=1S/C17H18N2O2/c1-2-12-17(19(21)13-8-4-3-5-9-13)14-10-6-7-11-15(14)18-16(17)20/h3-11,21H,2,12H2,1H3,(H,18,20)/t17-/m1/s1. The number of fused-ring (bicyclic) bond motifs is 1. The van der Waals surface area contributed by atoms with Crippen molar-refractivity contribution in [3.63, 3.8) is 0 Å². The smallest absolute Gasteiger partial charge is 0.257 e. The van der Waals surface area contributed by atoms with E-state index in [2.05, 4.69) is 5.32 Å². The molecule has 2 aromatic carbocycles. The van der Waals surface area contributed by atoms with Gasteiger partial charge < -0.3 is 5.32 Å². The number of para-hydroxylation sites is 2. The van der Waals surface area contributed by atoms with E-state index in [0.29, 0.717) is 12.1 Å². The summed E-state index contributed by atoms with van der Waals surface area (Å²) in [6.07, 6.45) is 1.33. The molecular weight excluding hydrogens is 264 g/mol. The third kappa shape index (κ3) is 1.99. The highest BCUT2D eigenvalue weighted by Gasteiger charge is 2.50. The fraction of sp³-hybridized carbons (Fsp3) is 0.235. The Bertz CT molecular complexity index is 657. The molecule has 0 aromatic heterocycles. The normalized spacial score (nSPS) is 20.0. The number of hydrogen-bond acceptors (Lipinski definition) is 3. The van der Waals surface area contributed by atoms with E-state index < -0.39 is 5.54 Å². The van der Waals surface area contributed by atoms with Crippen LogP contribution >= 0.6 is 0 Å². The zero-order valence-corrected chi connectivity index (χ0v) is 11.9. The molecule has 3 rings (SSSR count). The molecule has 0 radical (unpaired) electrons. The van der Waals surface area contributed by atoms with Crippen molar-refractivity contribution in [2.45, 2.75) is 25.3 Å². The van der Waals surface area contributed by atoms with E-state index in [9.17, 15) is 10.0 Å². The van der Waals surface area contributed by atoms with E-state index >= 15 is 0 Å². The van der Waals surface area contributed by atoms with Crippen molar-refractivity contribution in [2.75, 3.05) is 10.4 Å². The van der Waals surface area contributed by atoms with Crippen LogP contribution in [0.15, 0.2) is 54.6 Å². The molecule has 21 heavy (non-hydrogen) atoms. The Morgan fingerprint density at radius 1 is 1.10 bits per heavy atom. The van der Waals surface area contributed by atoms with Gasteiger partial charge in [0.1, 0.15) is 0 Å². The van der Waals surface area contributed by atoms with Gasteiger partial charge in [0, 0.05) is 11.3 Å². The first-order chi connectivity index (χ1) is 10.2. The molecule has 2 aromatic rings. The molecular formula is C17H18N2O2. The molecule has 108 valence electrons. The summed E-state index contributed by atoms with van der Waals surface area (Å²) in [5.74, 6) is -0.183. The molecule has 4 heteroatoms. The van der Waals surface area contributed by atoms with Gasteiger partial charge in [0.15, 0.2) is 5.54 Å². The topological polar surface area (TPSA) is 52.6 Å². The Balaban J connectivity index is 2.15. The summed E-state index contributed by atoms with van der Waals surface area (Å²) < 4.78 is 0. The molecule has 2 N–H and O–H groups in total. The maximum atomic E-state index is 12.6. The van der Waals surface area contributed by atoms with Gasteiger partial charge in [-0.15, -0.1) is 0 Å². The lowest BCUT2D eigenvalue weighted by Gasteiger charge is -2.36. The molecule has 0 aliphatic carbocycles. The summed E-state index contributed by atoms with van der Waals surface area (Å²) in [4.78, 5) is 12.6. The van der Waals surface area contributed by atoms with Crippen LogP contribution in [0.2, 0.25) is 0 Å². The van der Waals surface area contributed by atoms with Crippen LogP contribution in [0.5, 0.6) is 0 Å². The number of benzene rings is 2. The highest BCUT2D eigenvalue weighted by atomic mass is 16.5. The van der Waals surface area contributed by atoms with Crippen LogP contribution in [0.25, 0.3) is 0 Å². The summed E-state index contributed by atoms with van der Waals surface area (Å²) in [6, 6.07) is 16.7. The van der Waals surface area contributed by atoms with Crippen molar-refractivity contribution in [3.8, 4) is 0 Å². The van der Waals surface area contributed by atoms with E-state index in [0.717, 1.165) is 22.7 Å². The van der Waals surface area contributed by atoms with Gasteiger partial charge in [0.25, 0.3) is 5.91 Å². The van der Waals surface area contributed by atoms with E-state index in [1.54, 1.807) is 12.1 Å². The third-order valence-electron chi connectivity index (χ3n) is 3.97. The van der Waals surface area contributed by atoms with Crippen molar-refractivity contribution in [2.24, 2.45) is 0 Å². The third-order valence-corrected chi connectivity index (χ3v) is 3.97. The number of nitrogens with zero attached hydrogens (tertiary/aromatic N) is 1. The number of rotatable bonds is 4. The number of hydroxylamine groups is 1. The first kappa shape index (κ1) is 13.6. The molecule has 0 saturated heterocycles. The minimum atomic E-state index is -1.06. The van der Waals surface area contributed by atoms with E-state index in [1.165, 1.54) is 0 Å². The van der Waals surface area contributed by atoms with Crippen LogP contribution in [0.1, 0.15) is 25.3 Å². The molecule has 0 spiro atoms. The minimum absolute atomic E-state index is 0.183. The molecule has 1 aliphatic heterocycles. The lowest BCUT2D eigenvalue weighted by atomic mass is 9.86. The predicted octanol–water partition coefficient (Wildman–Crippen LogP) is 3.53. The molecule has 0 unspecified atom stereocenters. The van der Waals surface area contributed by atoms with Gasteiger partial charge in [0.2, 0.25) is 0 Å². The second kappa shape index (κ2) is 5.22. The van der Waals surface area contributed by atoms with E-state index in [1.807, 2.05) is 49.4 Å². The predicted molar refractivity (Wildman–Crippen MR) is 82.4 cm³/mol. The van der Waals surface area contributed by atoms with Crippen LogP contribution in [0.3, 0.4) is 0 Å². The average Bonchev–Trinajstić information content (AvgIpc) is 2.81. The second-order valence-electron chi connectivity index (χ2n) is 5.26. The largest absolute Gasteiger partial charge is 0.323 e. The van der Waals surface area contributed by atoms with Crippen molar-refractivity contribution in [3.05, 3.63) is 60.2 Å². The summed E-state index contributed by atoms with van der Waals surface area (Å²) in [7, 11) is 0. The zero-order valence-electron chi connectivity index (χ0n) is 11.9. The molecule has 0 fully saturated rings. The quantitative estimate of drug-likeness (QED) is 0.843. The fourth-order valence-electron chi connectivity index (χ4n) is 3.02. The maximum absolute atomic E-state index is 12.6. The van der Waals surface area contributed by atoms with Gasteiger partial charge in [-0.2, -0.15) is 0 Å². The Kier molecular flexibility index (Phi) is 3.39. The Morgan fingerprint density at radius 2 is 1.76 bits per heavy atom. The van der Waals surface area contributed by atoms with Crippen LogP contribution in [-0.2, 0) is 10.3 Å². The van der Waals surface area contributed by atoms with Crippen molar-refractivity contribution in [1.29, 1.82) is 0 Å². The second-order valence-corrected chi connectivity index (χ2v) is 5.26. The van der Waals surface area contributed by atoms with Crippen molar-refractivity contribution < 1.29 is 10.0 Å². The van der Waals surface area contributed by atoms with Crippen LogP contribution in [0, 0.1) is 0 Å². The van der Waals surface area contributed by atoms with Gasteiger partial charge in [-0.3, -0.25) is 10.0 Å². The van der Waals surface area contributed by atoms with Crippen molar-refractivity contribution in [1.82, 2.24) is 0 Å². The monoisotopic (exact) mass is 282 g/mol. The zero-order chi connectivity index (χ0) is 14.9. The maximum Gasteiger partial charge on any atom is 0.257 e. The lowest BCUT2D eigenvalue weighted by molar-refractivity contribution is -0.123. The van der Waals surface area contributed by atoms with Gasteiger partial charge >= 0.3 is 0 Å². The number of carbonyl (C=O) groups excluding carboxylic acids is 1. The van der Waals surface area contributed by atoms with Gasteiger partial charge in [-0.05, 0) is 24.6 Å². The first-order valence-corrected chi connectivity index (χ1v) is 7.15. The molecule has 1 amide bonds. The van der Waals surface area contributed by atoms with Crippen LogP contribution in [-0.4, -0.2) is 11.1 Å². The van der Waals surface area contributed by atoms with Crippen LogP contribution in [0.4, 0.5) is 11.4 Å². The van der Waals surface area contributed by atoms with Crippen LogP contribution < -0.4 is 10.4 Å². The Morgan fingerprint density at radius 3 is 2.48 bits per heavy atom. The highest BCUT2D eigenvalue weighted by Crippen LogP contribution is 2.44. The minimum Gasteiger partial charge on any atom is -0.323 e. The Labute approximate surface area is 124 Å². The summed E-state index contributed by atoms with van der Waals surface area (Å²) >= 11 is 0. The number of anilines is 2. The molecule has 4 nitrogen and oxygen atoms in total. The first-order valence-electron chi connectivity index (χ1n) is 7.15.